The second-order valence-electron chi connectivity index (χ2n) is 4.97. The van der Waals surface area contributed by atoms with E-state index < -0.39 is 5.91 Å². The van der Waals surface area contributed by atoms with Gasteiger partial charge in [0.2, 0.25) is 0 Å². The molecule has 2 rings (SSSR count). The van der Waals surface area contributed by atoms with E-state index >= 15 is 0 Å². The Bertz CT molecular complexity index is 857. The van der Waals surface area contributed by atoms with Gasteiger partial charge in [-0.2, -0.15) is 5.26 Å². The smallest absolute Gasteiger partial charge is 0.266 e. The molecule has 0 spiro atoms. The van der Waals surface area contributed by atoms with Gasteiger partial charge in [0.1, 0.15) is 17.4 Å². The summed E-state index contributed by atoms with van der Waals surface area (Å²) in [6.07, 6.45) is 1.48. The fourth-order valence-electron chi connectivity index (χ4n) is 2.04. The molecule has 0 heterocycles. The lowest BCUT2D eigenvalue weighted by Gasteiger charge is -2.09. The number of amides is 1. The van der Waals surface area contributed by atoms with Crippen molar-refractivity contribution in [2.24, 2.45) is 0 Å². The second-order valence-corrected chi connectivity index (χ2v) is 6.32. The van der Waals surface area contributed by atoms with Crippen LogP contribution in [0.25, 0.3) is 6.08 Å². The van der Waals surface area contributed by atoms with Crippen LogP contribution < -0.4 is 10.1 Å². The minimum absolute atomic E-state index is 0.0363. The van der Waals surface area contributed by atoms with Crippen LogP contribution in [0, 0.1) is 18.3 Å². The fraction of sp³-hybridized carbons (Fsp3) is 0.111. The van der Waals surface area contributed by atoms with E-state index in [4.69, 9.17) is 16.3 Å². The van der Waals surface area contributed by atoms with E-state index in [1.54, 1.807) is 30.3 Å². The lowest BCUT2D eigenvalue weighted by Crippen LogP contribution is -2.14. The maximum absolute atomic E-state index is 12.4. The van der Waals surface area contributed by atoms with Gasteiger partial charge >= 0.3 is 0 Å². The highest BCUT2D eigenvalue weighted by Gasteiger charge is 2.13. The van der Waals surface area contributed by atoms with Gasteiger partial charge in [-0.25, -0.2) is 0 Å². The Morgan fingerprint density at radius 1 is 1.33 bits per heavy atom. The standard InChI is InChI=1S/C18H14BrClN2O2/c1-11-3-5-15(20)9-16(11)22-18(23)13(10-21)7-12-8-14(19)4-6-17(12)24-2/h3-9H,1-2H3,(H,22,23)/b13-7+. The van der Waals surface area contributed by atoms with Crippen molar-refractivity contribution in [3.8, 4) is 11.8 Å². The van der Waals surface area contributed by atoms with Gasteiger partial charge in [0.25, 0.3) is 5.91 Å². The number of hydrogen-bond acceptors (Lipinski definition) is 3. The molecule has 0 aliphatic heterocycles. The van der Waals surface area contributed by atoms with E-state index in [1.165, 1.54) is 13.2 Å². The van der Waals surface area contributed by atoms with Crippen molar-refractivity contribution in [3.63, 3.8) is 0 Å². The molecule has 0 aromatic heterocycles. The normalized spacial score (nSPS) is 10.9. The lowest BCUT2D eigenvalue weighted by molar-refractivity contribution is -0.112. The van der Waals surface area contributed by atoms with Gasteiger partial charge in [-0.15, -0.1) is 0 Å². The summed E-state index contributed by atoms with van der Waals surface area (Å²) in [4.78, 5) is 12.4. The quantitative estimate of drug-likeness (QED) is 0.577. The van der Waals surface area contributed by atoms with Crippen molar-refractivity contribution < 1.29 is 9.53 Å². The van der Waals surface area contributed by atoms with Crippen LogP contribution in [0.1, 0.15) is 11.1 Å². The first-order chi connectivity index (χ1) is 11.4. The van der Waals surface area contributed by atoms with Gasteiger partial charge in [-0.05, 0) is 48.9 Å². The minimum Gasteiger partial charge on any atom is -0.496 e. The van der Waals surface area contributed by atoms with Crippen molar-refractivity contribution in [2.45, 2.75) is 6.92 Å². The highest BCUT2D eigenvalue weighted by molar-refractivity contribution is 9.10. The Morgan fingerprint density at radius 3 is 2.75 bits per heavy atom. The Morgan fingerprint density at radius 2 is 2.08 bits per heavy atom. The molecule has 0 bridgehead atoms. The van der Waals surface area contributed by atoms with E-state index in [0.717, 1.165) is 10.0 Å². The zero-order chi connectivity index (χ0) is 17.7. The Balaban J connectivity index is 2.34. The molecule has 0 aliphatic rings. The molecule has 0 atom stereocenters. The summed E-state index contributed by atoms with van der Waals surface area (Å²) in [6, 6.07) is 12.4. The predicted octanol–water partition coefficient (Wildman–Crippen LogP) is 4.97. The van der Waals surface area contributed by atoms with E-state index in [1.807, 2.05) is 19.1 Å². The number of nitriles is 1. The molecule has 0 fully saturated rings. The number of hydrogen-bond donors (Lipinski definition) is 1. The van der Waals surface area contributed by atoms with Crippen LogP contribution in [0.5, 0.6) is 5.75 Å². The summed E-state index contributed by atoms with van der Waals surface area (Å²) in [7, 11) is 1.53. The number of methoxy groups -OCH3 is 1. The summed E-state index contributed by atoms with van der Waals surface area (Å²) in [5.74, 6) is 0.0579. The first-order valence-corrected chi connectivity index (χ1v) is 8.14. The molecular weight excluding hydrogens is 392 g/mol. The number of ether oxygens (including phenoxy) is 1. The van der Waals surface area contributed by atoms with Crippen molar-refractivity contribution in [1.29, 1.82) is 5.26 Å². The van der Waals surface area contributed by atoms with Crippen LogP contribution in [-0.4, -0.2) is 13.0 Å². The molecule has 0 saturated carbocycles. The third-order valence-electron chi connectivity index (χ3n) is 3.30. The number of anilines is 1. The lowest BCUT2D eigenvalue weighted by atomic mass is 10.1. The third kappa shape index (κ3) is 4.38. The van der Waals surface area contributed by atoms with Crippen molar-refractivity contribution >= 4 is 45.2 Å². The first kappa shape index (κ1) is 18.1. The number of aryl methyl sites for hydroxylation is 1. The van der Waals surface area contributed by atoms with Gasteiger partial charge in [-0.1, -0.05) is 33.6 Å². The van der Waals surface area contributed by atoms with E-state index in [2.05, 4.69) is 21.2 Å². The zero-order valence-electron chi connectivity index (χ0n) is 13.1. The van der Waals surface area contributed by atoms with Crippen molar-refractivity contribution in [3.05, 3.63) is 62.6 Å². The molecule has 24 heavy (non-hydrogen) atoms. The summed E-state index contributed by atoms with van der Waals surface area (Å²) in [5.41, 5.74) is 2.01. The van der Waals surface area contributed by atoms with Crippen LogP contribution in [0.15, 0.2) is 46.4 Å². The van der Waals surface area contributed by atoms with Gasteiger partial charge in [-0.3, -0.25) is 4.79 Å². The molecule has 2 aromatic carbocycles. The second kappa shape index (κ2) is 8.00. The molecule has 4 nitrogen and oxygen atoms in total. The molecule has 122 valence electrons. The number of halogens is 2. The maximum Gasteiger partial charge on any atom is 0.266 e. The summed E-state index contributed by atoms with van der Waals surface area (Å²) in [5, 5.41) is 12.5. The highest BCUT2D eigenvalue weighted by Crippen LogP contribution is 2.26. The average Bonchev–Trinajstić information content (AvgIpc) is 2.56. The molecule has 6 heteroatoms. The van der Waals surface area contributed by atoms with Gasteiger partial charge in [0, 0.05) is 20.7 Å². The monoisotopic (exact) mass is 404 g/mol. The maximum atomic E-state index is 12.4. The largest absolute Gasteiger partial charge is 0.496 e. The van der Waals surface area contributed by atoms with Crippen molar-refractivity contribution in [1.82, 2.24) is 0 Å². The van der Waals surface area contributed by atoms with Crippen LogP contribution in [-0.2, 0) is 4.79 Å². The third-order valence-corrected chi connectivity index (χ3v) is 4.03. The Kier molecular flexibility index (Phi) is 6.02. The number of nitrogens with one attached hydrogen (secondary N) is 1. The molecule has 0 radical (unpaired) electrons. The predicted molar refractivity (Wildman–Crippen MR) is 99.1 cm³/mol. The van der Waals surface area contributed by atoms with E-state index in [0.29, 0.717) is 22.0 Å². The fourth-order valence-corrected chi connectivity index (χ4v) is 2.59. The number of carbonyl (C=O) groups is 1. The Labute approximate surface area is 153 Å². The molecule has 0 aliphatic carbocycles. The summed E-state index contributed by atoms with van der Waals surface area (Å²) in [6.45, 7) is 1.85. The molecule has 2 aromatic rings. The van der Waals surface area contributed by atoms with Crippen molar-refractivity contribution in [2.75, 3.05) is 12.4 Å². The summed E-state index contributed by atoms with van der Waals surface area (Å²) < 4.78 is 6.07. The van der Waals surface area contributed by atoms with Crippen LogP contribution in [0.2, 0.25) is 5.02 Å². The summed E-state index contributed by atoms with van der Waals surface area (Å²) >= 11 is 9.31. The van der Waals surface area contributed by atoms with Gasteiger partial charge < -0.3 is 10.1 Å². The van der Waals surface area contributed by atoms with Gasteiger partial charge in [0.05, 0.1) is 7.11 Å². The zero-order valence-corrected chi connectivity index (χ0v) is 15.4. The number of benzene rings is 2. The molecular formula is C18H14BrClN2O2. The van der Waals surface area contributed by atoms with Crippen LogP contribution in [0.3, 0.4) is 0 Å². The van der Waals surface area contributed by atoms with Crippen LogP contribution in [0.4, 0.5) is 5.69 Å². The SMILES string of the molecule is COc1ccc(Br)cc1/C=C(\C#N)C(=O)Nc1cc(Cl)ccc1C. The average molecular weight is 406 g/mol. The topological polar surface area (TPSA) is 62.1 Å². The molecule has 1 amide bonds. The van der Waals surface area contributed by atoms with Gasteiger partial charge in [0.15, 0.2) is 0 Å². The number of carbonyl (C=O) groups excluding carboxylic acids is 1. The van der Waals surface area contributed by atoms with E-state index in [9.17, 15) is 10.1 Å². The number of nitrogens with zero attached hydrogens (tertiary/aromatic N) is 1. The minimum atomic E-state index is -0.509. The highest BCUT2D eigenvalue weighted by atomic mass is 79.9. The first-order valence-electron chi connectivity index (χ1n) is 6.97. The van der Waals surface area contributed by atoms with Crippen LogP contribution >= 0.6 is 27.5 Å². The molecule has 0 saturated heterocycles. The molecule has 1 N–H and O–H groups in total. The number of rotatable bonds is 4. The van der Waals surface area contributed by atoms with E-state index in [-0.39, 0.29) is 5.57 Å². The Hall–Kier alpha value is -2.29. The molecule has 0 unspecified atom stereocenters.